The van der Waals surface area contributed by atoms with Crippen LogP contribution in [0, 0.1) is 5.92 Å². The molecule has 0 bridgehead atoms. The zero-order valence-corrected chi connectivity index (χ0v) is 10.9. The first-order valence-electron chi connectivity index (χ1n) is 6.06. The molecule has 1 aliphatic carbocycles. The molecule has 0 saturated heterocycles. The lowest BCUT2D eigenvalue weighted by atomic mass is 9.84. The Kier molecular flexibility index (Phi) is 5.35. The highest BCUT2D eigenvalue weighted by Gasteiger charge is 2.25. The monoisotopic (exact) mass is 239 g/mol. The van der Waals surface area contributed by atoms with Crippen molar-refractivity contribution in [2.24, 2.45) is 5.92 Å². The second-order valence-corrected chi connectivity index (χ2v) is 4.68. The third-order valence-corrected chi connectivity index (χ3v) is 2.85. The molecule has 1 fully saturated rings. The van der Waals surface area contributed by atoms with Gasteiger partial charge in [0, 0.05) is 25.0 Å². The van der Waals surface area contributed by atoms with Crippen LogP contribution >= 0.6 is 0 Å². The van der Waals surface area contributed by atoms with E-state index in [-0.39, 0.29) is 11.9 Å². The molecule has 0 aliphatic heterocycles. The third kappa shape index (κ3) is 4.69. The molecule has 1 aliphatic rings. The molecule has 0 aromatic rings. The maximum absolute atomic E-state index is 11.7. The highest BCUT2D eigenvalue weighted by molar-refractivity contribution is 5.86. The summed E-state index contributed by atoms with van der Waals surface area (Å²) in [4.78, 5) is 25.1. The number of ketones is 1. The average molecular weight is 239 g/mol. The van der Waals surface area contributed by atoms with Crippen molar-refractivity contribution in [2.45, 2.75) is 26.2 Å². The number of allylic oxidation sites excluding steroid dienone is 1. The van der Waals surface area contributed by atoms with Gasteiger partial charge in [-0.15, -0.1) is 0 Å². The molecule has 4 heteroatoms. The van der Waals surface area contributed by atoms with Gasteiger partial charge >= 0.3 is 5.97 Å². The van der Waals surface area contributed by atoms with E-state index in [0.717, 1.165) is 12.1 Å². The molecule has 0 N–H and O–H groups in total. The number of Topliss-reactive ketones (excluding diaryl/α,β-unsaturated/α-hetero) is 1. The van der Waals surface area contributed by atoms with Crippen LogP contribution in [0.5, 0.6) is 0 Å². The minimum Gasteiger partial charge on any atom is -0.463 e. The Labute approximate surface area is 103 Å². The summed E-state index contributed by atoms with van der Waals surface area (Å²) in [7, 11) is 3.91. The minimum absolute atomic E-state index is 0.0272. The van der Waals surface area contributed by atoms with E-state index in [4.69, 9.17) is 4.74 Å². The number of hydrogen-bond donors (Lipinski definition) is 0. The van der Waals surface area contributed by atoms with Gasteiger partial charge in [-0.3, -0.25) is 4.79 Å². The van der Waals surface area contributed by atoms with Crippen LogP contribution in [0.15, 0.2) is 11.6 Å². The van der Waals surface area contributed by atoms with Gasteiger partial charge in [0.1, 0.15) is 5.78 Å². The minimum atomic E-state index is -0.291. The molecule has 1 rings (SSSR count). The summed E-state index contributed by atoms with van der Waals surface area (Å²) in [5, 5.41) is 0. The zero-order valence-electron chi connectivity index (χ0n) is 10.9. The average Bonchev–Trinajstić information content (AvgIpc) is 2.22. The molecule has 1 unspecified atom stereocenters. The Morgan fingerprint density at radius 1 is 1.47 bits per heavy atom. The fourth-order valence-corrected chi connectivity index (χ4v) is 2.11. The number of hydrogen-bond acceptors (Lipinski definition) is 4. The lowest BCUT2D eigenvalue weighted by molar-refractivity contribution is -0.137. The van der Waals surface area contributed by atoms with Crippen LogP contribution in [0.1, 0.15) is 26.2 Å². The molecule has 0 aromatic heterocycles. The van der Waals surface area contributed by atoms with Gasteiger partial charge in [0.2, 0.25) is 0 Å². The molecule has 1 atom stereocenters. The number of esters is 1. The second kappa shape index (κ2) is 6.55. The van der Waals surface area contributed by atoms with Gasteiger partial charge in [-0.05, 0) is 33.9 Å². The zero-order chi connectivity index (χ0) is 12.8. The molecule has 96 valence electrons. The maximum Gasteiger partial charge on any atom is 0.330 e. The smallest absolute Gasteiger partial charge is 0.330 e. The van der Waals surface area contributed by atoms with E-state index in [0.29, 0.717) is 31.7 Å². The largest absolute Gasteiger partial charge is 0.463 e. The number of rotatable bonds is 4. The summed E-state index contributed by atoms with van der Waals surface area (Å²) < 4.78 is 4.88. The van der Waals surface area contributed by atoms with Gasteiger partial charge in [-0.2, -0.15) is 0 Å². The van der Waals surface area contributed by atoms with Gasteiger partial charge < -0.3 is 9.64 Å². The van der Waals surface area contributed by atoms with Crippen LogP contribution in [0.3, 0.4) is 0 Å². The topological polar surface area (TPSA) is 46.6 Å². The summed E-state index contributed by atoms with van der Waals surface area (Å²) in [6.07, 6.45) is 3.49. The van der Waals surface area contributed by atoms with E-state index in [9.17, 15) is 9.59 Å². The first-order valence-corrected chi connectivity index (χ1v) is 6.06. The van der Waals surface area contributed by atoms with E-state index in [1.54, 1.807) is 13.0 Å². The van der Waals surface area contributed by atoms with Crippen molar-refractivity contribution in [1.29, 1.82) is 0 Å². The van der Waals surface area contributed by atoms with Crippen molar-refractivity contribution < 1.29 is 14.3 Å². The summed E-state index contributed by atoms with van der Waals surface area (Å²) >= 11 is 0. The molecule has 1 saturated carbocycles. The molecule has 17 heavy (non-hydrogen) atoms. The molecule has 4 nitrogen and oxygen atoms in total. The standard InChI is InChI=1S/C13H21NO3/c1-4-17-13(16)8-10-5-6-12(15)11(7-10)9-14(2)3/h8,11H,4-7,9H2,1-3H3. The van der Waals surface area contributed by atoms with Crippen LogP contribution in [-0.4, -0.2) is 43.9 Å². The van der Waals surface area contributed by atoms with Gasteiger partial charge in [-0.1, -0.05) is 5.57 Å². The normalized spacial score (nSPS) is 23.2. The SMILES string of the molecule is CCOC(=O)C=C1CCC(=O)C(CN(C)C)C1. The predicted molar refractivity (Wildman–Crippen MR) is 65.6 cm³/mol. The number of ether oxygens (including phenoxy) is 1. The first-order chi connectivity index (χ1) is 8.02. The highest BCUT2D eigenvalue weighted by Crippen LogP contribution is 2.26. The Balaban J connectivity index is 2.60. The Bertz CT molecular complexity index is 321. The van der Waals surface area contributed by atoms with Crippen molar-refractivity contribution in [1.82, 2.24) is 4.90 Å². The van der Waals surface area contributed by atoms with Crippen LogP contribution < -0.4 is 0 Å². The fraction of sp³-hybridized carbons (Fsp3) is 0.692. The summed E-state index contributed by atoms with van der Waals surface area (Å²) in [6.45, 7) is 2.93. The summed E-state index contributed by atoms with van der Waals surface area (Å²) in [6, 6.07) is 0. The quantitative estimate of drug-likeness (QED) is 0.549. The molecule has 0 heterocycles. The Morgan fingerprint density at radius 2 is 2.18 bits per heavy atom. The fourth-order valence-electron chi connectivity index (χ4n) is 2.11. The number of carbonyl (C=O) groups excluding carboxylic acids is 2. The van der Waals surface area contributed by atoms with Crippen LogP contribution in [0.2, 0.25) is 0 Å². The third-order valence-electron chi connectivity index (χ3n) is 2.85. The summed E-state index contributed by atoms with van der Waals surface area (Å²) in [5.74, 6) is 0.0413. The van der Waals surface area contributed by atoms with Gasteiger partial charge in [0.25, 0.3) is 0 Å². The van der Waals surface area contributed by atoms with Crippen molar-refractivity contribution in [2.75, 3.05) is 27.2 Å². The maximum atomic E-state index is 11.7. The number of carbonyl (C=O) groups is 2. The number of nitrogens with zero attached hydrogens (tertiary/aromatic N) is 1. The molecular weight excluding hydrogens is 218 g/mol. The lowest BCUT2D eigenvalue weighted by Crippen LogP contribution is -2.31. The first kappa shape index (κ1) is 13.9. The van der Waals surface area contributed by atoms with Gasteiger partial charge in [-0.25, -0.2) is 4.79 Å². The van der Waals surface area contributed by atoms with E-state index >= 15 is 0 Å². The lowest BCUT2D eigenvalue weighted by Gasteiger charge is -2.25. The van der Waals surface area contributed by atoms with Crippen LogP contribution in [-0.2, 0) is 14.3 Å². The highest BCUT2D eigenvalue weighted by atomic mass is 16.5. The van der Waals surface area contributed by atoms with E-state index in [1.165, 1.54) is 0 Å². The van der Waals surface area contributed by atoms with Crippen LogP contribution in [0.25, 0.3) is 0 Å². The molecule has 0 amide bonds. The predicted octanol–water partition coefficient (Wildman–Crippen LogP) is 1.41. The van der Waals surface area contributed by atoms with Crippen molar-refractivity contribution in [3.8, 4) is 0 Å². The van der Waals surface area contributed by atoms with Crippen molar-refractivity contribution >= 4 is 11.8 Å². The van der Waals surface area contributed by atoms with E-state index in [2.05, 4.69) is 0 Å². The van der Waals surface area contributed by atoms with Crippen molar-refractivity contribution in [3.63, 3.8) is 0 Å². The molecule has 0 aromatic carbocycles. The second-order valence-electron chi connectivity index (χ2n) is 4.68. The van der Waals surface area contributed by atoms with Crippen LogP contribution in [0.4, 0.5) is 0 Å². The van der Waals surface area contributed by atoms with Gasteiger partial charge in [0.05, 0.1) is 6.61 Å². The molecular formula is C13H21NO3. The van der Waals surface area contributed by atoms with Gasteiger partial charge in [0.15, 0.2) is 0 Å². The van der Waals surface area contributed by atoms with E-state index in [1.807, 2.05) is 19.0 Å². The van der Waals surface area contributed by atoms with E-state index < -0.39 is 0 Å². The molecule has 0 radical (unpaired) electrons. The summed E-state index contributed by atoms with van der Waals surface area (Å²) in [5.41, 5.74) is 1.04. The molecule has 0 spiro atoms. The Hall–Kier alpha value is -1.16. The Morgan fingerprint density at radius 3 is 2.76 bits per heavy atom. The van der Waals surface area contributed by atoms with Crippen molar-refractivity contribution in [3.05, 3.63) is 11.6 Å².